The van der Waals surface area contributed by atoms with Crippen molar-refractivity contribution in [2.24, 2.45) is 5.73 Å². The quantitative estimate of drug-likeness (QED) is 0.0641. The van der Waals surface area contributed by atoms with E-state index in [1.165, 1.54) is 109 Å². The summed E-state index contributed by atoms with van der Waals surface area (Å²) in [5, 5.41) is 20.7. The molecule has 0 bridgehead atoms. The summed E-state index contributed by atoms with van der Waals surface area (Å²) in [7, 11) is 0. The molecule has 37 heavy (non-hydrogen) atoms. The SMILES string of the molecule is CCCCCCCCCCCCCCCCCCNCCNCCNCCNCCNCCNCCN. The summed E-state index contributed by atoms with van der Waals surface area (Å²) in [6.45, 7) is 15.3. The van der Waals surface area contributed by atoms with Gasteiger partial charge in [0.15, 0.2) is 0 Å². The molecule has 0 fully saturated rings. The summed E-state index contributed by atoms with van der Waals surface area (Å²) in [5.41, 5.74) is 5.44. The van der Waals surface area contributed by atoms with E-state index >= 15 is 0 Å². The highest BCUT2D eigenvalue weighted by Crippen LogP contribution is 2.13. The van der Waals surface area contributed by atoms with Crippen molar-refractivity contribution >= 4 is 0 Å². The van der Waals surface area contributed by atoms with E-state index in [4.69, 9.17) is 5.73 Å². The molecule has 0 amide bonds. The maximum atomic E-state index is 5.44. The molecule has 0 saturated carbocycles. The van der Waals surface area contributed by atoms with Gasteiger partial charge in [-0.25, -0.2) is 0 Å². The molecule has 0 atom stereocenters. The molecule has 0 unspecified atom stereocenters. The fourth-order valence-corrected chi connectivity index (χ4v) is 4.53. The van der Waals surface area contributed by atoms with Crippen molar-refractivity contribution in [3.63, 3.8) is 0 Å². The molecule has 0 heterocycles. The van der Waals surface area contributed by atoms with Crippen molar-refractivity contribution in [1.82, 2.24) is 31.9 Å². The van der Waals surface area contributed by atoms with E-state index in [1.807, 2.05) is 0 Å². The normalized spacial score (nSPS) is 11.5. The van der Waals surface area contributed by atoms with Gasteiger partial charge in [-0.15, -0.1) is 0 Å². The van der Waals surface area contributed by atoms with Gasteiger partial charge in [0, 0.05) is 78.5 Å². The predicted octanol–water partition coefficient (Wildman–Crippen LogP) is 3.74. The minimum Gasteiger partial charge on any atom is -0.329 e. The number of unbranched alkanes of at least 4 members (excludes halogenated alkanes) is 15. The maximum Gasteiger partial charge on any atom is 0.00772 e. The molecule has 7 heteroatoms. The van der Waals surface area contributed by atoms with Crippen molar-refractivity contribution in [2.75, 3.05) is 85.1 Å². The van der Waals surface area contributed by atoms with Crippen molar-refractivity contribution in [3.05, 3.63) is 0 Å². The van der Waals surface area contributed by atoms with Crippen molar-refractivity contribution < 1.29 is 0 Å². The first-order valence-electron chi connectivity index (χ1n) is 16.4. The molecule has 7 nitrogen and oxygen atoms in total. The zero-order chi connectivity index (χ0) is 26.7. The fraction of sp³-hybridized carbons (Fsp3) is 1.00. The Morgan fingerprint density at radius 1 is 0.297 bits per heavy atom. The Kier molecular flexibility index (Phi) is 35.4. The van der Waals surface area contributed by atoms with Gasteiger partial charge in [0.2, 0.25) is 0 Å². The first-order valence-corrected chi connectivity index (χ1v) is 16.4. The second-order valence-corrected chi connectivity index (χ2v) is 10.6. The second-order valence-electron chi connectivity index (χ2n) is 10.6. The molecule has 0 aliphatic carbocycles. The molecule has 0 spiro atoms. The van der Waals surface area contributed by atoms with Crippen LogP contribution < -0.4 is 37.6 Å². The lowest BCUT2D eigenvalue weighted by atomic mass is 10.0. The van der Waals surface area contributed by atoms with Gasteiger partial charge >= 0.3 is 0 Å². The summed E-state index contributed by atoms with van der Waals surface area (Å²) in [5.74, 6) is 0. The molecular formula is C30H69N7. The monoisotopic (exact) mass is 528 g/mol. The van der Waals surface area contributed by atoms with Crippen LogP contribution in [0, 0.1) is 0 Å². The average molecular weight is 528 g/mol. The molecule has 0 rings (SSSR count). The number of rotatable bonds is 34. The topological polar surface area (TPSA) is 98.2 Å². The Morgan fingerprint density at radius 3 is 0.838 bits per heavy atom. The first-order chi connectivity index (χ1) is 18.4. The third kappa shape index (κ3) is 35.7. The van der Waals surface area contributed by atoms with Crippen LogP contribution in [0.4, 0.5) is 0 Å². The van der Waals surface area contributed by atoms with Gasteiger partial charge in [-0.3, -0.25) is 0 Å². The van der Waals surface area contributed by atoms with E-state index in [9.17, 15) is 0 Å². The minimum atomic E-state index is 0.709. The molecule has 0 aromatic rings. The molecular weight excluding hydrogens is 458 g/mol. The van der Waals surface area contributed by atoms with Gasteiger partial charge in [-0.1, -0.05) is 103 Å². The second kappa shape index (κ2) is 35.7. The lowest BCUT2D eigenvalue weighted by Crippen LogP contribution is -2.37. The van der Waals surface area contributed by atoms with E-state index in [0.717, 1.165) is 72.0 Å². The van der Waals surface area contributed by atoms with Gasteiger partial charge in [-0.05, 0) is 13.0 Å². The van der Waals surface area contributed by atoms with Crippen LogP contribution in [0.2, 0.25) is 0 Å². The van der Waals surface area contributed by atoms with Crippen molar-refractivity contribution in [3.8, 4) is 0 Å². The minimum absolute atomic E-state index is 0.709. The summed E-state index contributed by atoms with van der Waals surface area (Å²) >= 11 is 0. The molecule has 0 aromatic heterocycles. The van der Waals surface area contributed by atoms with E-state index in [2.05, 4.69) is 38.8 Å². The van der Waals surface area contributed by atoms with Gasteiger partial charge < -0.3 is 37.6 Å². The fourth-order valence-electron chi connectivity index (χ4n) is 4.53. The summed E-state index contributed by atoms with van der Waals surface area (Å²) in [6.07, 6.45) is 23.0. The van der Waals surface area contributed by atoms with E-state index in [0.29, 0.717) is 6.54 Å². The van der Waals surface area contributed by atoms with Gasteiger partial charge in [0.1, 0.15) is 0 Å². The Bertz CT molecular complexity index is 351. The highest BCUT2D eigenvalue weighted by atomic mass is 15.0. The zero-order valence-electron chi connectivity index (χ0n) is 25.1. The molecule has 8 N–H and O–H groups in total. The number of nitrogens with two attached hydrogens (primary N) is 1. The van der Waals surface area contributed by atoms with Crippen LogP contribution in [-0.2, 0) is 0 Å². The van der Waals surface area contributed by atoms with Gasteiger partial charge in [-0.2, -0.15) is 0 Å². The largest absolute Gasteiger partial charge is 0.329 e. The van der Waals surface area contributed by atoms with Crippen LogP contribution in [0.1, 0.15) is 110 Å². The molecule has 0 radical (unpaired) electrons. The van der Waals surface area contributed by atoms with Crippen LogP contribution in [-0.4, -0.2) is 85.1 Å². The van der Waals surface area contributed by atoms with Gasteiger partial charge in [0.25, 0.3) is 0 Å². The Labute approximate surface area is 232 Å². The molecule has 0 aromatic carbocycles. The zero-order valence-corrected chi connectivity index (χ0v) is 25.1. The predicted molar refractivity (Wildman–Crippen MR) is 166 cm³/mol. The Balaban J connectivity index is 3.00. The third-order valence-electron chi connectivity index (χ3n) is 6.92. The van der Waals surface area contributed by atoms with Crippen molar-refractivity contribution in [2.45, 2.75) is 110 Å². The maximum absolute atomic E-state index is 5.44. The van der Waals surface area contributed by atoms with Crippen LogP contribution >= 0.6 is 0 Å². The number of nitrogens with one attached hydrogen (secondary N) is 6. The Morgan fingerprint density at radius 2 is 0.541 bits per heavy atom. The molecule has 224 valence electrons. The van der Waals surface area contributed by atoms with E-state index in [1.54, 1.807) is 0 Å². The van der Waals surface area contributed by atoms with Crippen LogP contribution in [0.15, 0.2) is 0 Å². The summed E-state index contributed by atoms with van der Waals surface area (Å²) < 4.78 is 0. The summed E-state index contributed by atoms with van der Waals surface area (Å²) in [6, 6.07) is 0. The number of hydrogen-bond acceptors (Lipinski definition) is 7. The van der Waals surface area contributed by atoms with E-state index in [-0.39, 0.29) is 0 Å². The van der Waals surface area contributed by atoms with Crippen LogP contribution in [0.5, 0.6) is 0 Å². The average Bonchev–Trinajstić information content (AvgIpc) is 2.91. The van der Waals surface area contributed by atoms with Crippen molar-refractivity contribution in [1.29, 1.82) is 0 Å². The molecule has 0 aliphatic heterocycles. The lowest BCUT2D eigenvalue weighted by molar-refractivity contribution is 0.522. The highest BCUT2D eigenvalue weighted by Gasteiger charge is 1.95. The van der Waals surface area contributed by atoms with Gasteiger partial charge in [0.05, 0.1) is 0 Å². The highest BCUT2D eigenvalue weighted by molar-refractivity contribution is 4.59. The lowest BCUT2D eigenvalue weighted by Gasteiger charge is -2.09. The van der Waals surface area contributed by atoms with Crippen LogP contribution in [0.25, 0.3) is 0 Å². The molecule has 0 saturated heterocycles. The number of hydrogen-bond donors (Lipinski definition) is 7. The summed E-state index contributed by atoms with van der Waals surface area (Å²) in [4.78, 5) is 0. The Hall–Kier alpha value is -0.280. The van der Waals surface area contributed by atoms with Crippen LogP contribution in [0.3, 0.4) is 0 Å². The first kappa shape index (κ1) is 36.7. The standard InChI is InChI=1S/C30H69N7/c1-2-3-4-5-6-7-8-9-10-11-12-13-14-15-16-17-19-32-21-23-34-25-27-36-29-30-37-28-26-35-24-22-33-20-18-31/h32-37H,2-31H2,1H3. The smallest absolute Gasteiger partial charge is 0.00772 e. The third-order valence-corrected chi connectivity index (χ3v) is 6.92. The molecule has 0 aliphatic rings. The van der Waals surface area contributed by atoms with E-state index < -0.39 is 0 Å².